The Morgan fingerprint density at radius 1 is 0.431 bits per heavy atom. The molecule has 0 aromatic heterocycles. The predicted octanol–water partition coefficient (Wildman–Crippen LogP) is -9.62. The molecule has 298 valence electrons. The van der Waals surface area contributed by atoms with Crippen molar-refractivity contribution in [1.29, 1.82) is 0 Å². The van der Waals surface area contributed by atoms with Crippen LogP contribution in [0.4, 0.5) is 0 Å². The Bertz CT molecular complexity index is 1090. The molecule has 0 aliphatic carbocycles. The molecule has 5 aliphatic rings. The van der Waals surface area contributed by atoms with Crippen LogP contribution in [-0.2, 0) is 42.6 Å². The summed E-state index contributed by atoms with van der Waals surface area (Å²) in [7, 11) is 0. The summed E-state index contributed by atoms with van der Waals surface area (Å²) in [6.45, 7) is -1.57. The molecule has 5 heterocycles. The second kappa shape index (κ2) is 17.3. The fourth-order valence-electron chi connectivity index (χ4n) is 6.37. The summed E-state index contributed by atoms with van der Waals surface area (Å²) in [5, 5.41) is 146. The molecule has 23 atom stereocenters. The molecule has 5 fully saturated rings. The van der Waals surface area contributed by atoms with E-state index in [1.807, 2.05) is 0 Å². The normalized spacial score (nSPS) is 54.3. The minimum atomic E-state index is -2.01. The van der Waals surface area contributed by atoms with E-state index in [0.29, 0.717) is 0 Å². The highest BCUT2D eigenvalue weighted by atomic mass is 16.8. The number of hydrogen-bond donors (Lipinski definition) is 14. The molecule has 0 aromatic carbocycles. The highest BCUT2D eigenvalue weighted by molar-refractivity contribution is 4.98. The largest absolute Gasteiger partial charge is 0.394 e. The van der Waals surface area contributed by atoms with Crippen molar-refractivity contribution in [1.82, 2.24) is 0 Å². The van der Waals surface area contributed by atoms with E-state index in [4.69, 9.17) is 42.6 Å². The zero-order valence-electron chi connectivity index (χ0n) is 27.0. The van der Waals surface area contributed by atoms with Crippen LogP contribution in [0, 0.1) is 0 Å². The van der Waals surface area contributed by atoms with Gasteiger partial charge in [-0.15, -0.1) is 0 Å². The van der Waals surface area contributed by atoms with Gasteiger partial charge in [0.05, 0.1) is 32.5 Å². The number of hydrogen-bond acceptors (Lipinski definition) is 23. The van der Waals surface area contributed by atoms with Gasteiger partial charge >= 0.3 is 0 Å². The van der Waals surface area contributed by atoms with Crippen molar-refractivity contribution in [2.24, 2.45) is 0 Å². The molecule has 14 N–H and O–H groups in total. The Labute approximate surface area is 289 Å². The van der Waals surface area contributed by atoms with Crippen LogP contribution < -0.4 is 0 Å². The number of rotatable bonds is 10. The second-order valence-electron chi connectivity index (χ2n) is 13.0. The topological polar surface area (TPSA) is 366 Å². The summed E-state index contributed by atoms with van der Waals surface area (Å²) < 4.78 is 50.4. The van der Waals surface area contributed by atoms with Crippen LogP contribution in [0.25, 0.3) is 0 Å². The SMILES string of the molecule is C[C@@H]1O[C@@H](O[C@H]2C(O)O[C@H](CO)[C@H](O[C@@H]3O[C@H](CO)[C@@H](O)[C@H](O[C@@H]4OC[C@@H](O)[C@H](O)[C@H]4O)[C@H]3O[C@@H]3OC[C@@H](O)[C@H](O)[C@H]3O)[C@@H]2O)[C@H](O)[C@H](O)[C@H]1O. The van der Waals surface area contributed by atoms with Gasteiger partial charge in [0.25, 0.3) is 0 Å². The van der Waals surface area contributed by atoms with E-state index in [9.17, 15) is 71.5 Å². The fourth-order valence-corrected chi connectivity index (χ4v) is 6.37. The Morgan fingerprint density at radius 3 is 1.47 bits per heavy atom. The molecular formula is C28H48O23. The van der Waals surface area contributed by atoms with Crippen molar-refractivity contribution in [3.05, 3.63) is 0 Å². The van der Waals surface area contributed by atoms with Crippen LogP contribution in [0.3, 0.4) is 0 Å². The lowest BCUT2D eigenvalue weighted by Crippen LogP contribution is -2.68. The van der Waals surface area contributed by atoms with Gasteiger partial charge < -0.3 is 114 Å². The van der Waals surface area contributed by atoms with Crippen molar-refractivity contribution in [2.45, 2.75) is 148 Å². The van der Waals surface area contributed by atoms with Gasteiger partial charge in [0.15, 0.2) is 31.5 Å². The van der Waals surface area contributed by atoms with Gasteiger partial charge in [0, 0.05) is 0 Å². The third-order valence-electron chi connectivity index (χ3n) is 9.50. The molecule has 23 nitrogen and oxygen atoms in total. The highest BCUT2D eigenvalue weighted by Crippen LogP contribution is 2.36. The maximum Gasteiger partial charge on any atom is 0.187 e. The summed E-state index contributed by atoms with van der Waals surface area (Å²) in [6.07, 6.45) is -40.3. The van der Waals surface area contributed by atoms with E-state index in [0.717, 1.165) is 0 Å². The van der Waals surface area contributed by atoms with E-state index in [2.05, 4.69) is 0 Å². The van der Waals surface area contributed by atoms with Crippen molar-refractivity contribution in [3.8, 4) is 0 Å². The summed E-state index contributed by atoms with van der Waals surface area (Å²) in [6, 6.07) is 0. The van der Waals surface area contributed by atoms with Crippen LogP contribution in [0.15, 0.2) is 0 Å². The Balaban J connectivity index is 1.44. The second-order valence-corrected chi connectivity index (χ2v) is 13.0. The van der Waals surface area contributed by atoms with Crippen molar-refractivity contribution < 1.29 is 114 Å². The molecule has 5 aliphatic heterocycles. The number of aliphatic hydroxyl groups is 14. The molecule has 0 aromatic rings. The summed E-state index contributed by atoms with van der Waals surface area (Å²) in [5.74, 6) is 0. The lowest BCUT2D eigenvalue weighted by atomic mass is 9.95. The minimum Gasteiger partial charge on any atom is -0.394 e. The highest BCUT2D eigenvalue weighted by Gasteiger charge is 2.56. The molecule has 51 heavy (non-hydrogen) atoms. The molecule has 5 saturated heterocycles. The molecular weight excluding hydrogens is 704 g/mol. The third-order valence-corrected chi connectivity index (χ3v) is 9.50. The summed E-state index contributed by atoms with van der Waals surface area (Å²) in [5.41, 5.74) is 0. The van der Waals surface area contributed by atoms with Crippen molar-refractivity contribution in [2.75, 3.05) is 26.4 Å². The van der Waals surface area contributed by atoms with Gasteiger partial charge in [-0.1, -0.05) is 0 Å². The van der Waals surface area contributed by atoms with E-state index in [1.165, 1.54) is 6.92 Å². The van der Waals surface area contributed by atoms with E-state index < -0.39 is 168 Å². The van der Waals surface area contributed by atoms with Gasteiger partial charge in [0.1, 0.15) is 104 Å². The van der Waals surface area contributed by atoms with Gasteiger partial charge in [-0.3, -0.25) is 0 Å². The molecule has 0 amide bonds. The average Bonchev–Trinajstić information content (AvgIpc) is 3.11. The minimum absolute atomic E-state index is 0.534. The van der Waals surface area contributed by atoms with Gasteiger partial charge in [-0.05, 0) is 6.92 Å². The summed E-state index contributed by atoms with van der Waals surface area (Å²) in [4.78, 5) is 0. The Kier molecular flexibility index (Phi) is 14.0. The fraction of sp³-hybridized carbons (Fsp3) is 1.00. The van der Waals surface area contributed by atoms with E-state index in [1.54, 1.807) is 0 Å². The first-order valence-electron chi connectivity index (χ1n) is 16.3. The summed E-state index contributed by atoms with van der Waals surface area (Å²) >= 11 is 0. The van der Waals surface area contributed by atoms with Crippen LogP contribution >= 0.6 is 0 Å². The predicted molar refractivity (Wildman–Crippen MR) is 153 cm³/mol. The van der Waals surface area contributed by atoms with Crippen LogP contribution in [0.1, 0.15) is 6.92 Å². The Morgan fingerprint density at radius 2 is 0.922 bits per heavy atom. The zero-order chi connectivity index (χ0) is 37.5. The van der Waals surface area contributed by atoms with Crippen molar-refractivity contribution >= 4 is 0 Å². The monoisotopic (exact) mass is 752 g/mol. The lowest BCUT2D eigenvalue weighted by molar-refractivity contribution is -0.404. The van der Waals surface area contributed by atoms with Crippen LogP contribution in [0.2, 0.25) is 0 Å². The number of ether oxygens (including phenoxy) is 9. The zero-order valence-corrected chi connectivity index (χ0v) is 27.0. The standard InChI is InChI=1S/C28H48O23/c1-6-11(33)15(37)18(40)27(45-6)50-22-19(41)20(10(3-30)46-24(22)42)48-28-23(51-26-17(39)13(35)8(32)5-44-26)21(14(36)9(2-29)47-28)49-25-16(38)12(34)7(31)4-43-25/h6-42H,2-5H2,1H3/t6-,7+,8+,9+,10+,11-,12-,13-,14+,15+,16+,17+,18+,19-,20-,21-,22+,23+,24?,25-,26-,27-,28-/m0/s1. The Hall–Kier alpha value is -0.920. The molecule has 23 heteroatoms. The smallest absolute Gasteiger partial charge is 0.187 e. The molecule has 0 radical (unpaired) electrons. The van der Waals surface area contributed by atoms with Crippen molar-refractivity contribution in [3.63, 3.8) is 0 Å². The van der Waals surface area contributed by atoms with E-state index >= 15 is 0 Å². The van der Waals surface area contributed by atoms with E-state index in [-0.39, 0.29) is 0 Å². The molecule has 0 saturated carbocycles. The maximum atomic E-state index is 11.4. The van der Waals surface area contributed by atoms with Gasteiger partial charge in [0.2, 0.25) is 0 Å². The van der Waals surface area contributed by atoms with Crippen LogP contribution in [-0.4, -0.2) is 239 Å². The maximum absolute atomic E-state index is 11.4. The lowest BCUT2D eigenvalue weighted by Gasteiger charge is -2.50. The molecule has 5 rings (SSSR count). The molecule has 0 bridgehead atoms. The first kappa shape index (κ1) is 41.2. The van der Waals surface area contributed by atoms with Gasteiger partial charge in [-0.2, -0.15) is 0 Å². The quantitative estimate of drug-likeness (QED) is 0.0985. The first-order valence-corrected chi connectivity index (χ1v) is 16.3. The first-order chi connectivity index (χ1) is 24.1. The van der Waals surface area contributed by atoms with Crippen LogP contribution in [0.5, 0.6) is 0 Å². The molecule has 0 spiro atoms. The third kappa shape index (κ3) is 8.51. The number of aliphatic hydroxyl groups excluding tert-OH is 14. The average molecular weight is 753 g/mol. The molecule has 1 unspecified atom stereocenters. The van der Waals surface area contributed by atoms with Gasteiger partial charge in [-0.25, -0.2) is 0 Å².